The molecule has 0 saturated heterocycles. The van der Waals surface area contributed by atoms with E-state index in [0.29, 0.717) is 21.5 Å². The molecule has 0 spiro atoms. The Morgan fingerprint density at radius 1 is 0.500 bits per heavy atom. The first kappa shape index (κ1) is 18.5. The molecule has 30 heavy (non-hydrogen) atoms. The van der Waals surface area contributed by atoms with Gasteiger partial charge in [-0.05, 0) is 22.6 Å². The van der Waals surface area contributed by atoms with Gasteiger partial charge in [-0.15, -0.1) is 12.2 Å². The van der Waals surface area contributed by atoms with Crippen LogP contribution in [0, 0.1) is 0 Å². The molecule has 0 aliphatic heterocycles. The maximum absolute atomic E-state index is 13.3. The molecule has 0 amide bonds. The Labute approximate surface area is 171 Å². The standard InChI is InChI=1S/C24H18O6/c25-15-9-17(27)19(13-7-3-1-5-11(13)15)21-23(29)22(24(21)30)20-14-8-4-2-6-12(14)16(26)10-18(20)28/h1-10,21-28H/q-2. The summed E-state index contributed by atoms with van der Waals surface area (Å²) < 4.78 is 0. The molecule has 0 unspecified atom stereocenters. The van der Waals surface area contributed by atoms with Gasteiger partial charge in [0, 0.05) is 34.0 Å². The summed E-state index contributed by atoms with van der Waals surface area (Å²) >= 11 is 0. The molecule has 1 fully saturated rings. The molecule has 6 nitrogen and oxygen atoms in total. The number of benzene rings is 4. The normalized spacial score (nSPS) is 23.5. The maximum Gasteiger partial charge on any atom is 0.127 e. The van der Waals surface area contributed by atoms with E-state index in [9.17, 15) is 30.6 Å². The average molecular weight is 402 g/mol. The summed E-state index contributed by atoms with van der Waals surface area (Å²) in [6, 6.07) is 15.8. The van der Waals surface area contributed by atoms with E-state index in [1.807, 2.05) is 0 Å². The highest BCUT2D eigenvalue weighted by Gasteiger charge is 2.42. The Morgan fingerprint density at radius 2 is 0.833 bits per heavy atom. The summed E-state index contributed by atoms with van der Waals surface area (Å²) in [5, 5.41) is 69.5. The number of hydrogen-bond donors (Lipinski definition) is 4. The van der Waals surface area contributed by atoms with Gasteiger partial charge in [0.2, 0.25) is 0 Å². The molecule has 1 aliphatic carbocycles. The van der Waals surface area contributed by atoms with Crippen LogP contribution < -0.4 is 10.2 Å². The lowest BCUT2D eigenvalue weighted by molar-refractivity contribution is -0.535. The fourth-order valence-corrected chi connectivity index (χ4v) is 4.76. The van der Waals surface area contributed by atoms with Crippen LogP contribution in [-0.2, 0) is 0 Å². The predicted octanol–water partition coefficient (Wildman–Crippen LogP) is 2.15. The second-order valence-electron chi connectivity index (χ2n) is 7.73. The number of rotatable bonds is 2. The van der Waals surface area contributed by atoms with E-state index in [-0.39, 0.29) is 34.1 Å². The van der Waals surface area contributed by atoms with Crippen LogP contribution in [0.5, 0.6) is 23.0 Å². The van der Waals surface area contributed by atoms with Crippen LogP contribution in [0.4, 0.5) is 0 Å². The van der Waals surface area contributed by atoms with Crippen LogP contribution >= 0.6 is 0 Å². The Kier molecular flexibility index (Phi) is 4.03. The number of aromatic hydroxyl groups is 4. The summed E-state index contributed by atoms with van der Waals surface area (Å²) in [5.41, 5.74) is 0.449. The molecule has 0 atom stereocenters. The van der Waals surface area contributed by atoms with Crippen molar-refractivity contribution >= 4 is 21.5 Å². The van der Waals surface area contributed by atoms with Crippen molar-refractivity contribution < 1.29 is 30.6 Å². The third-order valence-corrected chi connectivity index (χ3v) is 6.17. The van der Waals surface area contributed by atoms with Crippen LogP contribution in [0.2, 0.25) is 0 Å². The van der Waals surface area contributed by atoms with Gasteiger partial charge in [0.1, 0.15) is 23.0 Å². The molecule has 4 aromatic carbocycles. The molecule has 1 aliphatic rings. The first-order valence-electron chi connectivity index (χ1n) is 9.59. The van der Waals surface area contributed by atoms with Crippen LogP contribution in [0.1, 0.15) is 23.0 Å². The zero-order chi connectivity index (χ0) is 21.2. The van der Waals surface area contributed by atoms with Crippen molar-refractivity contribution in [3.05, 3.63) is 71.8 Å². The van der Waals surface area contributed by atoms with Crippen molar-refractivity contribution in [1.29, 1.82) is 0 Å². The summed E-state index contributed by atoms with van der Waals surface area (Å²) in [4.78, 5) is 0. The lowest BCUT2D eigenvalue weighted by atomic mass is 9.61. The van der Waals surface area contributed by atoms with Crippen molar-refractivity contribution in [2.45, 2.75) is 24.0 Å². The van der Waals surface area contributed by atoms with Crippen molar-refractivity contribution in [2.24, 2.45) is 0 Å². The van der Waals surface area contributed by atoms with Crippen LogP contribution in [0.3, 0.4) is 0 Å². The van der Waals surface area contributed by atoms with Crippen molar-refractivity contribution in [2.75, 3.05) is 0 Å². The molecule has 4 N–H and O–H groups in total. The number of hydrogen-bond acceptors (Lipinski definition) is 6. The van der Waals surface area contributed by atoms with Gasteiger partial charge in [-0.1, -0.05) is 48.5 Å². The third kappa shape index (κ3) is 2.44. The SMILES string of the molecule is [O-]C1C(c2c(O)cc(O)c3ccccc23)C([O-])C1c1c(O)cc(O)c2ccccc12. The molecule has 0 heterocycles. The fourth-order valence-electron chi connectivity index (χ4n) is 4.76. The van der Waals surface area contributed by atoms with Gasteiger partial charge in [-0.3, -0.25) is 0 Å². The van der Waals surface area contributed by atoms with Crippen molar-refractivity contribution in [3.8, 4) is 23.0 Å². The molecule has 0 aromatic heterocycles. The van der Waals surface area contributed by atoms with E-state index >= 15 is 0 Å². The van der Waals surface area contributed by atoms with Gasteiger partial charge in [-0.25, -0.2) is 0 Å². The highest BCUT2D eigenvalue weighted by atomic mass is 16.3. The molecule has 1 saturated carbocycles. The monoisotopic (exact) mass is 402 g/mol. The van der Waals surface area contributed by atoms with Crippen LogP contribution in [-0.4, -0.2) is 32.6 Å². The average Bonchev–Trinajstić information content (AvgIpc) is 2.74. The first-order valence-corrected chi connectivity index (χ1v) is 9.59. The molecule has 6 heteroatoms. The van der Waals surface area contributed by atoms with E-state index in [0.717, 1.165) is 12.1 Å². The van der Waals surface area contributed by atoms with Gasteiger partial charge >= 0.3 is 0 Å². The third-order valence-electron chi connectivity index (χ3n) is 6.17. The lowest BCUT2D eigenvalue weighted by Gasteiger charge is -2.62. The van der Waals surface area contributed by atoms with Crippen LogP contribution in [0.15, 0.2) is 60.7 Å². The second kappa shape index (κ2) is 6.52. The second-order valence-corrected chi connectivity index (χ2v) is 7.73. The van der Waals surface area contributed by atoms with Gasteiger partial charge in [0.05, 0.1) is 0 Å². The number of phenolic OH excluding ortho intramolecular Hbond substituents is 4. The number of phenols is 4. The predicted molar refractivity (Wildman–Crippen MR) is 108 cm³/mol. The summed E-state index contributed by atoms with van der Waals surface area (Å²) in [6.45, 7) is 0. The van der Waals surface area contributed by atoms with E-state index in [1.54, 1.807) is 48.5 Å². The highest BCUT2D eigenvalue weighted by Crippen LogP contribution is 2.54. The maximum atomic E-state index is 13.3. The Balaban J connectivity index is 1.65. The molecule has 4 aromatic rings. The van der Waals surface area contributed by atoms with Crippen LogP contribution in [0.25, 0.3) is 21.5 Å². The molecule has 0 radical (unpaired) electrons. The first-order chi connectivity index (χ1) is 14.4. The topological polar surface area (TPSA) is 127 Å². The molecule has 0 bridgehead atoms. The zero-order valence-electron chi connectivity index (χ0n) is 15.7. The largest absolute Gasteiger partial charge is 0.851 e. The zero-order valence-corrected chi connectivity index (χ0v) is 15.7. The van der Waals surface area contributed by atoms with Crippen molar-refractivity contribution in [3.63, 3.8) is 0 Å². The van der Waals surface area contributed by atoms with Gasteiger partial charge in [-0.2, -0.15) is 0 Å². The summed E-state index contributed by atoms with van der Waals surface area (Å²) in [5.74, 6) is -2.92. The molecule has 5 rings (SSSR count). The number of fused-ring (bicyclic) bond motifs is 2. The van der Waals surface area contributed by atoms with Gasteiger partial charge in [0.15, 0.2) is 0 Å². The minimum Gasteiger partial charge on any atom is -0.851 e. The van der Waals surface area contributed by atoms with Gasteiger partial charge in [0.25, 0.3) is 0 Å². The lowest BCUT2D eigenvalue weighted by Crippen LogP contribution is -2.63. The Morgan fingerprint density at radius 3 is 1.20 bits per heavy atom. The highest BCUT2D eigenvalue weighted by molar-refractivity contribution is 5.95. The van der Waals surface area contributed by atoms with E-state index in [1.165, 1.54) is 0 Å². The minimum absolute atomic E-state index is 0.130. The Hall–Kier alpha value is -3.48. The minimum atomic E-state index is -1.41. The van der Waals surface area contributed by atoms with E-state index in [4.69, 9.17) is 0 Å². The fraction of sp³-hybridized carbons (Fsp3) is 0.167. The van der Waals surface area contributed by atoms with Gasteiger partial charge < -0.3 is 30.6 Å². The summed E-state index contributed by atoms with van der Waals surface area (Å²) in [7, 11) is 0. The van der Waals surface area contributed by atoms with E-state index < -0.39 is 24.0 Å². The summed E-state index contributed by atoms with van der Waals surface area (Å²) in [6.07, 6.45) is -2.82. The quantitative estimate of drug-likeness (QED) is 0.407. The Bertz CT molecular complexity index is 1190. The molecular formula is C24H18O6-2. The molecular weight excluding hydrogens is 384 g/mol. The van der Waals surface area contributed by atoms with E-state index in [2.05, 4.69) is 0 Å². The van der Waals surface area contributed by atoms with Crippen molar-refractivity contribution in [1.82, 2.24) is 0 Å². The smallest absolute Gasteiger partial charge is 0.127 e. The molecule has 152 valence electrons.